The predicted molar refractivity (Wildman–Crippen MR) is 67.9 cm³/mol. The van der Waals surface area contributed by atoms with Gasteiger partial charge in [0.1, 0.15) is 12.2 Å². The minimum Gasteiger partial charge on any atom is -0.466 e. The van der Waals surface area contributed by atoms with Gasteiger partial charge in [0.25, 0.3) is 0 Å². The Morgan fingerprint density at radius 2 is 1.56 bits per heavy atom. The summed E-state index contributed by atoms with van der Waals surface area (Å²) in [5.41, 5.74) is 0. The van der Waals surface area contributed by atoms with Crippen LogP contribution in [0.4, 0.5) is 0 Å². The van der Waals surface area contributed by atoms with Gasteiger partial charge in [-0.25, -0.2) is 0 Å². The van der Waals surface area contributed by atoms with Crippen molar-refractivity contribution in [3.63, 3.8) is 0 Å². The molecular weight excluding hydrogens is 219 g/mol. The van der Waals surface area contributed by atoms with Crippen LogP contribution in [0.15, 0.2) is 0 Å². The summed E-state index contributed by atoms with van der Waals surface area (Å²) in [5, 5.41) is 0. The topological polar surface area (TPSA) is 43.4 Å². The molecule has 93 valence electrons. The highest BCUT2D eigenvalue weighted by molar-refractivity contribution is 6.38. The van der Waals surface area contributed by atoms with E-state index >= 15 is 0 Å². The van der Waals surface area contributed by atoms with Gasteiger partial charge in [0, 0.05) is 0 Å². The van der Waals surface area contributed by atoms with Gasteiger partial charge >= 0.3 is 5.97 Å². The first-order valence-corrected chi connectivity index (χ1v) is 7.12. The monoisotopic (exact) mass is 243 g/mol. The van der Waals surface area contributed by atoms with Crippen molar-refractivity contribution in [2.45, 2.75) is 57.5 Å². The first-order chi connectivity index (χ1) is 7.29. The number of esters is 1. The van der Waals surface area contributed by atoms with Gasteiger partial charge in [0.2, 0.25) is 15.2 Å². The van der Waals surface area contributed by atoms with E-state index in [-0.39, 0.29) is 12.2 Å². The number of hydrogen-bond acceptors (Lipinski definition) is 3. The first-order valence-electron chi connectivity index (χ1n) is 5.79. The van der Waals surface area contributed by atoms with Gasteiger partial charge in [-0.15, -0.1) is 0 Å². The van der Waals surface area contributed by atoms with Crippen molar-refractivity contribution in [3.05, 3.63) is 0 Å². The molecule has 0 heterocycles. The third-order valence-corrected chi connectivity index (χ3v) is 3.01. The third kappa shape index (κ3) is 19.3. The summed E-state index contributed by atoms with van der Waals surface area (Å²) >= 11 is 0.713. The van der Waals surface area contributed by atoms with Crippen LogP contribution in [0.2, 0.25) is 9.56 Å². The molecule has 0 aromatic heterocycles. The molecule has 0 aromatic carbocycles. The van der Waals surface area contributed by atoms with Crippen molar-refractivity contribution >= 4 is 27.0 Å². The highest BCUT2D eigenvalue weighted by atomic mass is 27.1. The average molecular weight is 243 g/mol. The molecule has 16 heavy (non-hydrogen) atoms. The lowest BCUT2D eigenvalue weighted by molar-refractivity contribution is -0.145. The third-order valence-electron chi connectivity index (χ3n) is 1.47. The first kappa shape index (κ1) is 18.0. The molecule has 0 aliphatic rings. The van der Waals surface area contributed by atoms with Gasteiger partial charge in [-0.1, -0.05) is 37.3 Å². The van der Waals surface area contributed by atoms with E-state index < -0.39 is 5.97 Å². The predicted octanol–water partition coefficient (Wildman–Crippen LogP) is 2.88. The molecule has 0 bridgehead atoms. The highest BCUT2D eigenvalue weighted by Gasteiger charge is 2.03. The molecule has 0 fully saturated rings. The molecular formula is C12H24AlO3. The Labute approximate surface area is 106 Å². The summed E-state index contributed by atoms with van der Waals surface area (Å²) in [6, 6.07) is 0. The summed E-state index contributed by atoms with van der Waals surface area (Å²) in [6.07, 6.45) is -0.103. The summed E-state index contributed by atoms with van der Waals surface area (Å²) in [6.45, 7) is 12.6. The van der Waals surface area contributed by atoms with Gasteiger partial charge in [-0.2, -0.15) is 0 Å². The highest BCUT2D eigenvalue weighted by Crippen LogP contribution is 2.07. The number of carbonyl (C=O) groups is 2. The molecule has 0 saturated carbocycles. The van der Waals surface area contributed by atoms with Crippen molar-refractivity contribution in [3.8, 4) is 0 Å². The second kappa shape index (κ2) is 11.2. The van der Waals surface area contributed by atoms with Crippen LogP contribution < -0.4 is 0 Å². The Bertz CT molecular complexity index is 194. The van der Waals surface area contributed by atoms with Crippen LogP contribution in [-0.2, 0) is 14.3 Å². The molecule has 0 aliphatic carbocycles. The number of ether oxygens (including phenoxy) is 1. The van der Waals surface area contributed by atoms with E-state index in [9.17, 15) is 9.59 Å². The summed E-state index contributed by atoms with van der Waals surface area (Å²) in [7, 11) is 0. The lowest BCUT2D eigenvalue weighted by Gasteiger charge is -2.02. The lowest BCUT2D eigenvalue weighted by Crippen LogP contribution is -2.07. The molecule has 1 radical (unpaired) electrons. The Hall–Kier alpha value is -0.328. The van der Waals surface area contributed by atoms with Crippen LogP contribution in [-0.4, -0.2) is 33.6 Å². The van der Waals surface area contributed by atoms with Crippen LogP contribution in [0.25, 0.3) is 0 Å². The van der Waals surface area contributed by atoms with Crippen LogP contribution in [0, 0.1) is 0 Å². The maximum absolute atomic E-state index is 10.4. The molecule has 0 saturated heterocycles. The fourth-order valence-corrected chi connectivity index (χ4v) is 2.72. The zero-order valence-electron chi connectivity index (χ0n) is 11.4. The van der Waals surface area contributed by atoms with Gasteiger partial charge in [0.05, 0.1) is 6.61 Å². The molecule has 0 unspecified atom stereocenters. The molecule has 0 aromatic rings. The maximum atomic E-state index is 10.4. The van der Waals surface area contributed by atoms with E-state index in [1.165, 1.54) is 6.92 Å². The standard InChI is InChI=1S/C6H10O3.2C3H7.Al/c1-3-9-6(8)4-5(2)7;2*1-3-2;/h3-4H2,1-2H3;2*3H,1-2H3;. The van der Waals surface area contributed by atoms with Gasteiger partial charge in [-0.3, -0.25) is 9.59 Å². The van der Waals surface area contributed by atoms with Crippen molar-refractivity contribution in [2.75, 3.05) is 6.61 Å². The van der Waals surface area contributed by atoms with Crippen LogP contribution in [0.5, 0.6) is 0 Å². The van der Waals surface area contributed by atoms with Crippen molar-refractivity contribution in [1.82, 2.24) is 0 Å². The number of ketones is 1. The second-order valence-corrected chi connectivity index (χ2v) is 7.42. The SMILES string of the molecule is CCOC(=O)CC(C)=O.C[CH](C)[Al][CH](C)C. The fourth-order valence-electron chi connectivity index (χ4n) is 1.19. The van der Waals surface area contributed by atoms with E-state index in [2.05, 4.69) is 32.4 Å². The zero-order chi connectivity index (χ0) is 13.1. The normalized spacial score (nSPS) is 9.50. The minimum atomic E-state index is -0.440. The van der Waals surface area contributed by atoms with Gasteiger partial charge < -0.3 is 4.74 Å². The second-order valence-electron chi connectivity index (χ2n) is 4.36. The molecule has 4 heteroatoms. The quantitative estimate of drug-likeness (QED) is 0.423. The summed E-state index contributed by atoms with van der Waals surface area (Å²) in [5.74, 6) is -0.599. The van der Waals surface area contributed by atoms with Crippen molar-refractivity contribution in [1.29, 1.82) is 0 Å². The van der Waals surface area contributed by atoms with Crippen LogP contribution >= 0.6 is 0 Å². The summed E-state index contributed by atoms with van der Waals surface area (Å²) in [4.78, 5) is 20.6. The number of Topliss-reactive ketones (excluding diaryl/α,β-unsaturated/α-hetero) is 1. The minimum absolute atomic E-state index is 0.103. The number of hydrogen-bond donors (Lipinski definition) is 0. The van der Waals surface area contributed by atoms with Gasteiger partial charge in [0.15, 0.2) is 0 Å². The maximum Gasteiger partial charge on any atom is 0.313 e. The van der Waals surface area contributed by atoms with Crippen molar-refractivity contribution < 1.29 is 14.3 Å². The van der Waals surface area contributed by atoms with E-state index in [0.29, 0.717) is 21.8 Å². The molecule has 3 nitrogen and oxygen atoms in total. The molecule has 0 spiro atoms. The Balaban J connectivity index is 0. The van der Waals surface area contributed by atoms with E-state index in [1.807, 2.05) is 0 Å². The molecule has 0 rings (SSSR count). The smallest absolute Gasteiger partial charge is 0.313 e. The number of rotatable bonds is 5. The fraction of sp³-hybridized carbons (Fsp3) is 0.833. The van der Waals surface area contributed by atoms with Crippen LogP contribution in [0.1, 0.15) is 48.0 Å². The van der Waals surface area contributed by atoms with E-state index in [1.54, 1.807) is 6.92 Å². The number of carbonyl (C=O) groups excluding carboxylic acids is 2. The molecule has 0 N–H and O–H groups in total. The molecule has 0 amide bonds. The van der Waals surface area contributed by atoms with E-state index in [4.69, 9.17) is 0 Å². The Kier molecular flexibility index (Phi) is 12.6. The van der Waals surface area contributed by atoms with E-state index in [0.717, 1.165) is 9.56 Å². The largest absolute Gasteiger partial charge is 0.466 e. The Morgan fingerprint density at radius 3 is 1.75 bits per heavy atom. The molecule has 0 atom stereocenters. The zero-order valence-corrected chi connectivity index (χ0v) is 12.5. The summed E-state index contributed by atoms with van der Waals surface area (Å²) < 4.78 is 6.41. The van der Waals surface area contributed by atoms with Crippen LogP contribution in [0.3, 0.4) is 0 Å². The lowest BCUT2D eigenvalue weighted by atomic mass is 10.3. The van der Waals surface area contributed by atoms with Gasteiger partial charge in [-0.05, 0) is 13.8 Å². The Morgan fingerprint density at radius 1 is 1.12 bits per heavy atom. The van der Waals surface area contributed by atoms with Crippen molar-refractivity contribution in [2.24, 2.45) is 0 Å². The average Bonchev–Trinajstić information content (AvgIpc) is 2.00. The molecule has 0 aliphatic heterocycles.